The molecular formula is C9H9N3O. The van der Waals surface area contributed by atoms with Crippen LogP contribution in [0.4, 0.5) is 11.4 Å². The molecule has 0 fully saturated rings. The number of rotatable bonds is 1. The van der Waals surface area contributed by atoms with E-state index >= 15 is 0 Å². The second-order valence-electron chi connectivity index (χ2n) is 2.60. The monoisotopic (exact) mass is 175 g/mol. The standard InChI is InChI=1S/C9H9N3O/c1-6(13)12-9-4-8(11)3-2-7(9)5-10/h2-4H,11H2,1H3,(H,12,13). The maximum absolute atomic E-state index is 10.7. The lowest BCUT2D eigenvalue weighted by Gasteiger charge is -2.04. The maximum atomic E-state index is 10.7. The van der Waals surface area contributed by atoms with Crippen LogP contribution in [0.25, 0.3) is 0 Å². The minimum absolute atomic E-state index is 0.220. The number of benzene rings is 1. The van der Waals surface area contributed by atoms with Crippen LogP contribution in [0.3, 0.4) is 0 Å². The minimum Gasteiger partial charge on any atom is -0.399 e. The molecule has 0 spiro atoms. The number of carbonyl (C=O) groups is 1. The Hall–Kier alpha value is -2.02. The van der Waals surface area contributed by atoms with Crippen molar-refractivity contribution in [1.82, 2.24) is 0 Å². The zero-order chi connectivity index (χ0) is 9.84. The number of amides is 1. The maximum Gasteiger partial charge on any atom is 0.221 e. The number of nitrogens with zero attached hydrogens (tertiary/aromatic N) is 1. The molecule has 0 aliphatic heterocycles. The Balaban J connectivity index is 3.10. The van der Waals surface area contributed by atoms with Gasteiger partial charge in [0.15, 0.2) is 0 Å². The van der Waals surface area contributed by atoms with Gasteiger partial charge >= 0.3 is 0 Å². The van der Waals surface area contributed by atoms with E-state index < -0.39 is 0 Å². The molecule has 0 radical (unpaired) electrons. The summed E-state index contributed by atoms with van der Waals surface area (Å²) in [5, 5.41) is 11.2. The van der Waals surface area contributed by atoms with E-state index in [1.165, 1.54) is 6.92 Å². The molecule has 1 rings (SSSR count). The molecule has 0 aromatic heterocycles. The summed E-state index contributed by atoms with van der Waals surface area (Å²) in [4.78, 5) is 10.7. The highest BCUT2D eigenvalue weighted by atomic mass is 16.1. The van der Waals surface area contributed by atoms with Gasteiger partial charge in [0.25, 0.3) is 0 Å². The molecule has 0 bridgehead atoms. The van der Waals surface area contributed by atoms with Crippen molar-refractivity contribution in [2.75, 3.05) is 11.1 Å². The zero-order valence-corrected chi connectivity index (χ0v) is 7.16. The van der Waals surface area contributed by atoms with Crippen molar-refractivity contribution < 1.29 is 4.79 Å². The van der Waals surface area contributed by atoms with Gasteiger partial charge in [-0.2, -0.15) is 5.26 Å². The molecule has 1 aromatic carbocycles. The van der Waals surface area contributed by atoms with Crippen molar-refractivity contribution in [3.8, 4) is 6.07 Å². The van der Waals surface area contributed by atoms with Gasteiger partial charge in [0, 0.05) is 12.6 Å². The SMILES string of the molecule is CC(=O)Nc1cc(N)ccc1C#N. The van der Waals surface area contributed by atoms with Gasteiger partial charge in [-0.25, -0.2) is 0 Å². The average molecular weight is 175 g/mol. The first-order valence-corrected chi connectivity index (χ1v) is 3.70. The van der Waals surface area contributed by atoms with Crippen LogP contribution in [-0.4, -0.2) is 5.91 Å². The number of hydrogen-bond donors (Lipinski definition) is 2. The van der Waals surface area contributed by atoms with Crippen LogP contribution in [0.2, 0.25) is 0 Å². The fraction of sp³-hybridized carbons (Fsp3) is 0.111. The predicted molar refractivity (Wildman–Crippen MR) is 49.9 cm³/mol. The molecule has 3 N–H and O–H groups in total. The zero-order valence-electron chi connectivity index (χ0n) is 7.16. The van der Waals surface area contributed by atoms with Crippen LogP contribution < -0.4 is 11.1 Å². The van der Waals surface area contributed by atoms with Gasteiger partial charge in [-0.05, 0) is 18.2 Å². The summed E-state index contributed by atoms with van der Waals surface area (Å²) in [6.45, 7) is 1.38. The van der Waals surface area contributed by atoms with E-state index in [1.807, 2.05) is 6.07 Å². The Morgan fingerprint density at radius 2 is 2.31 bits per heavy atom. The summed E-state index contributed by atoms with van der Waals surface area (Å²) >= 11 is 0. The molecule has 0 aliphatic carbocycles. The first-order chi connectivity index (χ1) is 6.13. The van der Waals surface area contributed by atoms with E-state index in [0.717, 1.165) is 0 Å². The molecule has 1 amide bonds. The highest BCUT2D eigenvalue weighted by Gasteiger charge is 2.02. The van der Waals surface area contributed by atoms with Crippen LogP contribution in [0.5, 0.6) is 0 Å². The van der Waals surface area contributed by atoms with Gasteiger partial charge in [-0.1, -0.05) is 0 Å². The van der Waals surface area contributed by atoms with E-state index in [1.54, 1.807) is 18.2 Å². The number of carbonyl (C=O) groups excluding carboxylic acids is 1. The van der Waals surface area contributed by atoms with E-state index in [0.29, 0.717) is 16.9 Å². The quantitative estimate of drug-likeness (QED) is 0.627. The third-order valence-electron chi connectivity index (χ3n) is 1.47. The fourth-order valence-electron chi connectivity index (χ4n) is 0.952. The van der Waals surface area contributed by atoms with Crippen molar-refractivity contribution in [2.24, 2.45) is 0 Å². The summed E-state index contributed by atoms with van der Waals surface area (Å²) in [6, 6.07) is 6.70. The normalized spacial score (nSPS) is 8.92. The molecule has 66 valence electrons. The Labute approximate surface area is 76.0 Å². The average Bonchev–Trinajstić information content (AvgIpc) is 2.03. The Bertz CT molecular complexity index is 379. The Morgan fingerprint density at radius 3 is 2.85 bits per heavy atom. The van der Waals surface area contributed by atoms with Gasteiger partial charge in [0.05, 0.1) is 11.3 Å². The number of anilines is 2. The number of hydrogen-bond acceptors (Lipinski definition) is 3. The van der Waals surface area contributed by atoms with Gasteiger partial charge < -0.3 is 11.1 Å². The summed E-state index contributed by atoms with van der Waals surface area (Å²) in [5.74, 6) is -0.220. The van der Waals surface area contributed by atoms with E-state index in [4.69, 9.17) is 11.0 Å². The molecule has 1 aromatic rings. The summed E-state index contributed by atoms with van der Waals surface area (Å²) < 4.78 is 0. The third kappa shape index (κ3) is 2.20. The fourth-order valence-corrected chi connectivity index (χ4v) is 0.952. The number of nitrogen functional groups attached to an aromatic ring is 1. The highest BCUT2D eigenvalue weighted by molar-refractivity contribution is 5.90. The lowest BCUT2D eigenvalue weighted by molar-refractivity contribution is -0.114. The summed E-state index contributed by atoms with van der Waals surface area (Å²) in [7, 11) is 0. The molecular weight excluding hydrogens is 166 g/mol. The van der Waals surface area contributed by atoms with Gasteiger partial charge in [0.1, 0.15) is 6.07 Å². The van der Waals surface area contributed by atoms with Crippen LogP contribution in [0.15, 0.2) is 18.2 Å². The number of nitriles is 1. The smallest absolute Gasteiger partial charge is 0.221 e. The second-order valence-corrected chi connectivity index (χ2v) is 2.60. The molecule has 0 saturated heterocycles. The lowest BCUT2D eigenvalue weighted by atomic mass is 10.2. The molecule has 4 nitrogen and oxygen atoms in total. The summed E-state index contributed by atoms with van der Waals surface area (Å²) in [6.07, 6.45) is 0. The number of nitrogens with two attached hydrogens (primary N) is 1. The molecule has 0 atom stereocenters. The minimum atomic E-state index is -0.220. The molecule has 0 aliphatic rings. The van der Waals surface area contributed by atoms with Gasteiger partial charge in [-0.3, -0.25) is 4.79 Å². The predicted octanol–water partition coefficient (Wildman–Crippen LogP) is 1.10. The highest BCUT2D eigenvalue weighted by Crippen LogP contribution is 2.17. The molecule has 0 saturated carbocycles. The molecule has 0 heterocycles. The molecule has 0 unspecified atom stereocenters. The topological polar surface area (TPSA) is 78.9 Å². The number of nitrogens with one attached hydrogen (secondary N) is 1. The van der Waals surface area contributed by atoms with Crippen molar-refractivity contribution in [3.05, 3.63) is 23.8 Å². The largest absolute Gasteiger partial charge is 0.399 e. The molecule has 4 heteroatoms. The third-order valence-corrected chi connectivity index (χ3v) is 1.47. The second kappa shape index (κ2) is 3.59. The van der Waals surface area contributed by atoms with Gasteiger partial charge in [0.2, 0.25) is 5.91 Å². The van der Waals surface area contributed by atoms with Crippen LogP contribution in [0.1, 0.15) is 12.5 Å². The van der Waals surface area contributed by atoms with E-state index in [9.17, 15) is 4.79 Å². The van der Waals surface area contributed by atoms with Crippen molar-refractivity contribution in [3.63, 3.8) is 0 Å². The van der Waals surface area contributed by atoms with Crippen molar-refractivity contribution in [1.29, 1.82) is 5.26 Å². The Kier molecular flexibility index (Phi) is 2.50. The van der Waals surface area contributed by atoms with Crippen LogP contribution in [-0.2, 0) is 4.79 Å². The summed E-state index contributed by atoms with van der Waals surface area (Å²) in [5.41, 5.74) is 6.87. The first-order valence-electron chi connectivity index (χ1n) is 3.70. The lowest BCUT2D eigenvalue weighted by Crippen LogP contribution is -2.07. The van der Waals surface area contributed by atoms with Gasteiger partial charge in [-0.15, -0.1) is 0 Å². The van der Waals surface area contributed by atoms with E-state index in [-0.39, 0.29) is 5.91 Å². The van der Waals surface area contributed by atoms with Crippen molar-refractivity contribution in [2.45, 2.75) is 6.92 Å². The Morgan fingerprint density at radius 1 is 1.62 bits per heavy atom. The van der Waals surface area contributed by atoms with E-state index in [2.05, 4.69) is 5.32 Å². The van der Waals surface area contributed by atoms with Crippen LogP contribution in [0, 0.1) is 11.3 Å². The first kappa shape index (κ1) is 9.07. The molecule has 13 heavy (non-hydrogen) atoms. The van der Waals surface area contributed by atoms with Crippen LogP contribution >= 0.6 is 0 Å². The van der Waals surface area contributed by atoms with Crippen molar-refractivity contribution >= 4 is 17.3 Å².